The molecule has 2 aromatic rings. The molecular weight excluding hydrogens is 343 g/mol. The van der Waals surface area contributed by atoms with Gasteiger partial charge in [0, 0.05) is 4.47 Å². The molecule has 0 aliphatic carbocycles. The Morgan fingerprint density at radius 1 is 1.05 bits per heavy atom. The van der Waals surface area contributed by atoms with Crippen LogP contribution in [0.25, 0.3) is 0 Å². The molecule has 0 aromatic heterocycles. The van der Waals surface area contributed by atoms with E-state index in [1.54, 1.807) is 0 Å². The topological polar surface area (TPSA) is 52.6 Å². The van der Waals surface area contributed by atoms with Crippen molar-refractivity contribution >= 4 is 27.9 Å². The first-order valence-corrected chi connectivity index (χ1v) is 6.66. The van der Waals surface area contributed by atoms with Crippen LogP contribution in [0.15, 0.2) is 46.9 Å². The molecule has 2 aromatic carbocycles. The van der Waals surface area contributed by atoms with Gasteiger partial charge >= 0.3 is 11.9 Å². The lowest BCUT2D eigenvalue weighted by atomic mass is 10.2. The standard InChI is InChI=1S/C15H10BrFO4/c1-20-14(18)9-2-5-11(6-3-9)21-15(19)12-8-10(17)4-7-13(12)16/h2-8H,1H3. The molecule has 0 amide bonds. The molecule has 0 heterocycles. The molecule has 4 nitrogen and oxygen atoms in total. The van der Waals surface area contributed by atoms with E-state index in [4.69, 9.17) is 4.74 Å². The minimum atomic E-state index is -0.702. The van der Waals surface area contributed by atoms with Gasteiger partial charge in [-0.1, -0.05) is 0 Å². The molecule has 0 radical (unpaired) electrons. The molecule has 0 unspecified atom stereocenters. The van der Waals surface area contributed by atoms with Crippen LogP contribution in [-0.4, -0.2) is 19.0 Å². The van der Waals surface area contributed by atoms with Gasteiger partial charge in [0.2, 0.25) is 0 Å². The molecule has 0 bridgehead atoms. The zero-order chi connectivity index (χ0) is 15.4. The summed E-state index contributed by atoms with van der Waals surface area (Å²) in [6.45, 7) is 0. The Balaban J connectivity index is 2.16. The quantitative estimate of drug-likeness (QED) is 0.625. The fourth-order valence-corrected chi connectivity index (χ4v) is 2.00. The Morgan fingerprint density at radius 2 is 1.71 bits per heavy atom. The Labute approximate surface area is 128 Å². The second-order valence-electron chi connectivity index (χ2n) is 4.03. The van der Waals surface area contributed by atoms with Crippen molar-refractivity contribution in [1.29, 1.82) is 0 Å². The molecule has 108 valence electrons. The van der Waals surface area contributed by atoms with Gasteiger partial charge < -0.3 is 9.47 Å². The number of hydrogen-bond acceptors (Lipinski definition) is 4. The lowest BCUT2D eigenvalue weighted by molar-refractivity contribution is 0.0600. The summed E-state index contributed by atoms with van der Waals surface area (Å²) >= 11 is 3.16. The van der Waals surface area contributed by atoms with Crippen LogP contribution in [0.1, 0.15) is 20.7 Å². The van der Waals surface area contributed by atoms with Gasteiger partial charge in [-0.2, -0.15) is 0 Å². The smallest absolute Gasteiger partial charge is 0.344 e. The van der Waals surface area contributed by atoms with Gasteiger partial charge in [-0.3, -0.25) is 0 Å². The maximum absolute atomic E-state index is 13.1. The van der Waals surface area contributed by atoms with E-state index in [-0.39, 0.29) is 11.3 Å². The van der Waals surface area contributed by atoms with Crippen LogP contribution in [0.5, 0.6) is 5.75 Å². The largest absolute Gasteiger partial charge is 0.465 e. The highest BCUT2D eigenvalue weighted by atomic mass is 79.9. The van der Waals surface area contributed by atoms with Crippen molar-refractivity contribution in [3.05, 3.63) is 63.9 Å². The third-order valence-electron chi connectivity index (χ3n) is 2.63. The summed E-state index contributed by atoms with van der Waals surface area (Å²) in [4.78, 5) is 23.2. The summed E-state index contributed by atoms with van der Waals surface area (Å²) in [6.07, 6.45) is 0. The van der Waals surface area contributed by atoms with Crippen LogP contribution in [-0.2, 0) is 4.74 Å². The van der Waals surface area contributed by atoms with E-state index < -0.39 is 17.8 Å². The van der Waals surface area contributed by atoms with Gasteiger partial charge in [-0.25, -0.2) is 14.0 Å². The highest BCUT2D eigenvalue weighted by Gasteiger charge is 2.14. The van der Waals surface area contributed by atoms with Gasteiger partial charge in [0.1, 0.15) is 11.6 Å². The number of hydrogen-bond donors (Lipinski definition) is 0. The number of esters is 2. The van der Waals surface area contributed by atoms with E-state index in [1.807, 2.05) is 0 Å². The number of halogens is 2. The van der Waals surface area contributed by atoms with Crippen molar-refractivity contribution in [1.82, 2.24) is 0 Å². The Morgan fingerprint density at radius 3 is 2.33 bits per heavy atom. The van der Waals surface area contributed by atoms with Gasteiger partial charge in [0.25, 0.3) is 0 Å². The third-order valence-corrected chi connectivity index (χ3v) is 3.33. The van der Waals surface area contributed by atoms with E-state index in [9.17, 15) is 14.0 Å². The molecule has 21 heavy (non-hydrogen) atoms. The molecule has 0 atom stereocenters. The highest BCUT2D eigenvalue weighted by Crippen LogP contribution is 2.21. The van der Waals surface area contributed by atoms with E-state index >= 15 is 0 Å². The first-order valence-electron chi connectivity index (χ1n) is 5.87. The van der Waals surface area contributed by atoms with Gasteiger partial charge in [0.15, 0.2) is 0 Å². The Hall–Kier alpha value is -2.21. The predicted molar refractivity (Wildman–Crippen MR) is 76.8 cm³/mol. The first kappa shape index (κ1) is 15.2. The second kappa shape index (κ2) is 6.49. The van der Waals surface area contributed by atoms with Crippen LogP contribution >= 0.6 is 15.9 Å². The predicted octanol–water partition coefficient (Wildman–Crippen LogP) is 3.59. The van der Waals surface area contributed by atoms with Crippen molar-refractivity contribution < 1.29 is 23.5 Å². The van der Waals surface area contributed by atoms with Crippen molar-refractivity contribution in [3.8, 4) is 5.75 Å². The second-order valence-corrected chi connectivity index (χ2v) is 4.88. The van der Waals surface area contributed by atoms with Crippen LogP contribution in [0.4, 0.5) is 4.39 Å². The van der Waals surface area contributed by atoms with Crippen LogP contribution in [0.2, 0.25) is 0 Å². The molecule has 0 fully saturated rings. The highest BCUT2D eigenvalue weighted by molar-refractivity contribution is 9.10. The average molecular weight is 353 g/mol. The summed E-state index contributed by atoms with van der Waals surface area (Å²) in [5, 5.41) is 0. The maximum atomic E-state index is 13.1. The van der Waals surface area contributed by atoms with E-state index in [2.05, 4.69) is 20.7 Å². The molecule has 2 rings (SSSR count). The minimum absolute atomic E-state index is 0.0760. The minimum Gasteiger partial charge on any atom is -0.465 e. The molecule has 6 heteroatoms. The zero-order valence-corrected chi connectivity index (χ0v) is 12.5. The lowest BCUT2D eigenvalue weighted by Crippen LogP contribution is -2.10. The third kappa shape index (κ3) is 3.66. The Bertz CT molecular complexity index is 683. The monoisotopic (exact) mass is 352 g/mol. The molecule has 0 aliphatic rings. The lowest BCUT2D eigenvalue weighted by Gasteiger charge is -2.06. The fraction of sp³-hybridized carbons (Fsp3) is 0.0667. The average Bonchev–Trinajstić information content (AvgIpc) is 2.49. The number of carbonyl (C=O) groups excluding carboxylic acids is 2. The van der Waals surface area contributed by atoms with E-state index in [0.29, 0.717) is 10.0 Å². The molecule has 0 saturated heterocycles. The summed E-state index contributed by atoms with van der Waals surface area (Å²) in [6, 6.07) is 9.58. The van der Waals surface area contributed by atoms with E-state index in [0.717, 1.165) is 6.07 Å². The molecular formula is C15H10BrFO4. The SMILES string of the molecule is COC(=O)c1ccc(OC(=O)c2cc(F)ccc2Br)cc1. The Kier molecular flexibility index (Phi) is 4.70. The summed E-state index contributed by atoms with van der Waals surface area (Å²) in [5.41, 5.74) is 0.413. The number of rotatable bonds is 3. The summed E-state index contributed by atoms with van der Waals surface area (Å²) in [5.74, 6) is -1.48. The number of ether oxygens (including phenoxy) is 2. The number of benzene rings is 2. The fourth-order valence-electron chi connectivity index (χ4n) is 1.59. The van der Waals surface area contributed by atoms with Gasteiger partial charge in [0.05, 0.1) is 18.2 Å². The maximum Gasteiger partial charge on any atom is 0.344 e. The van der Waals surface area contributed by atoms with Crippen LogP contribution in [0, 0.1) is 5.82 Å². The molecule has 0 aliphatic heterocycles. The van der Waals surface area contributed by atoms with Crippen molar-refractivity contribution in [3.63, 3.8) is 0 Å². The van der Waals surface area contributed by atoms with Crippen LogP contribution in [0.3, 0.4) is 0 Å². The first-order chi connectivity index (χ1) is 10.0. The normalized spacial score (nSPS) is 10.0. The van der Waals surface area contributed by atoms with Crippen molar-refractivity contribution in [2.75, 3.05) is 7.11 Å². The zero-order valence-electron chi connectivity index (χ0n) is 10.9. The molecule has 0 N–H and O–H groups in total. The van der Waals surface area contributed by atoms with Crippen molar-refractivity contribution in [2.45, 2.75) is 0 Å². The van der Waals surface area contributed by atoms with E-state index in [1.165, 1.54) is 43.5 Å². The van der Waals surface area contributed by atoms with Crippen LogP contribution < -0.4 is 4.74 Å². The molecule has 0 saturated carbocycles. The summed E-state index contributed by atoms with van der Waals surface area (Å²) in [7, 11) is 1.28. The number of methoxy groups -OCH3 is 1. The number of carbonyl (C=O) groups is 2. The van der Waals surface area contributed by atoms with Gasteiger partial charge in [-0.15, -0.1) is 0 Å². The van der Waals surface area contributed by atoms with Crippen molar-refractivity contribution in [2.24, 2.45) is 0 Å². The summed E-state index contributed by atoms with van der Waals surface area (Å²) < 4.78 is 23.3. The molecule has 0 spiro atoms. The van der Waals surface area contributed by atoms with Gasteiger partial charge in [-0.05, 0) is 58.4 Å².